The van der Waals surface area contributed by atoms with Crippen LogP contribution in [-0.2, 0) is 23.7 Å². The van der Waals surface area contributed by atoms with E-state index in [2.05, 4.69) is 4.74 Å². The molecule has 0 amide bonds. The van der Waals surface area contributed by atoms with Gasteiger partial charge in [-0.2, -0.15) is 0 Å². The van der Waals surface area contributed by atoms with Crippen molar-refractivity contribution in [3.63, 3.8) is 0 Å². The van der Waals surface area contributed by atoms with Crippen LogP contribution in [0, 0.1) is 0 Å². The van der Waals surface area contributed by atoms with E-state index in [9.17, 15) is 4.79 Å². The highest BCUT2D eigenvalue weighted by molar-refractivity contribution is 6.36. The van der Waals surface area contributed by atoms with Crippen molar-refractivity contribution in [2.45, 2.75) is 10.7 Å². The Bertz CT molecular complexity index is 248. The molecule has 0 N–H and O–H groups in total. The molecule has 0 aromatic heterocycles. The van der Waals surface area contributed by atoms with Crippen molar-refractivity contribution in [2.24, 2.45) is 0 Å². The Balaban J connectivity index is 2.09. The van der Waals surface area contributed by atoms with Crippen LogP contribution in [0.25, 0.3) is 0 Å². The maximum atomic E-state index is 11.3. The van der Waals surface area contributed by atoms with Crippen LogP contribution in [0.5, 0.6) is 0 Å². The Labute approximate surface area is 86.2 Å². The van der Waals surface area contributed by atoms with E-state index >= 15 is 0 Å². The molecule has 0 aromatic carbocycles. The van der Waals surface area contributed by atoms with E-state index in [0.29, 0.717) is 13.2 Å². The van der Waals surface area contributed by atoms with Gasteiger partial charge in [0, 0.05) is 0 Å². The molecule has 2 heterocycles. The summed E-state index contributed by atoms with van der Waals surface area (Å²) >= 11 is 5.95. The molecule has 0 aromatic rings. The zero-order valence-electron chi connectivity index (χ0n) is 7.75. The van der Waals surface area contributed by atoms with E-state index in [1.54, 1.807) is 0 Å². The molecule has 80 valence electrons. The zero-order chi connectivity index (χ0) is 10.2. The topological polar surface area (TPSA) is 57.3 Å². The van der Waals surface area contributed by atoms with Crippen molar-refractivity contribution < 1.29 is 23.7 Å². The maximum Gasteiger partial charge on any atom is 0.357 e. The van der Waals surface area contributed by atoms with E-state index in [0.717, 1.165) is 0 Å². The molecular formula is C8H11ClO5. The minimum Gasteiger partial charge on any atom is -0.466 e. The third-order valence-electron chi connectivity index (χ3n) is 2.37. The van der Waals surface area contributed by atoms with Crippen molar-refractivity contribution in [3.05, 3.63) is 0 Å². The quantitative estimate of drug-likeness (QED) is 0.353. The molecule has 0 bridgehead atoms. The lowest BCUT2D eigenvalue weighted by atomic mass is 10.1. The number of carbonyl (C=O) groups excluding carboxylic acids is 1. The van der Waals surface area contributed by atoms with Gasteiger partial charge in [-0.25, -0.2) is 4.79 Å². The summed E-state index contributed by atoms with van der Waals surface area (Å²) in [5.74, 6) is -0.603. The highest BCUT2D eigenvalue weighted by atomic mass is 35.5. The summed E-state index contributed by atoms with van der Waals surface area (Å²) in [6, 6.07) is 0. The zero-order valence-corrected chi connectivity index (χ0v) is 8.50. The monoisotopic (exact) mass is 222 g/mol. The smallest absolute Gasteiger partial charge is 0.357 e. The van der Waals surface area contributed by atoms with Crippen molar-refractivity contribution in [2.75, 3.05) is 33.5 Å². The van der Waals surface area contributed by atoms with Gasteiger partial charge in [-0.1, -0.05) is 11.6 Å². The number of alkyl halides is 1. The Kier molecular flexibility index (Phi) is 2.43. The molecular weight excluding hydrogens is 212 g/mol. The number of halogens is 1. The largest absolute Gasteiger partial charge is 0.466 e. The predicted octanol–water partition coefficient (Wildman–Crippen LogP) is -0.0897. The van der Waals surface area contributed by atoms with Crippen LogP contribution in [0.1, 0.15) is 0 Å². The molecule has 5 nitrogen and oxygen atoms in total. The average Bonchev–Trinajstić information content (AvgIpc) is 2.86. The fourth-order valence-electron chi connectivity index (χ4n) is 1.48. The summed E-state index contributed by atoms with van der Waals surface area (Å²) in [5.41, 5.74) is -0.863. The van der Waals surface area contributed by atoms with Crippen molar-refractivity contribution in [1.82, 2.24) is 0 Å². The van der Waals surface area contributed by atoms with Gasteiger partial charge >= 0.3 is 5.97 Å². The van der Waals surface area contributed by atoms with E-state index in [1.807, 2.05) is 0 Å². The Morgan fingerprint density at radius 2 is 1.93 bits per heavy atom. The van der Waals surface area contributed by atoms with Crippen LogP contribution in [-0.4, -0.2) is 50.2 Å². The van der Waals surface area contributed by atoms with E-state index in [1.165, 1.54) is 7.11 Å². The first-order valence-electron chi connectivity index (χ1n) is 4.28. The highest BCUT2D eigenvalue weighted by Crippen LogP contribution is 2.53. The number of hydrogen-bond acceptors (Lipinski definition) is 5. The summed E-state index contributed by atoms with van der Waals surface area (Å²) < 4.78 is 20.2. The van der Waals surface area contributed by atoms with Gasteiger partial charge in [0.25, 0.3) is 5.06 Å². The van der Waals surface area contributed by atoms with Gasteiger partial charge in [0.1, 0.15) is 0 Å². The third-order valence-corrected chi connectivity index (χ3v) is 2.95. The molecule has 2 aliphatic heterocycles. The molecule has 1 atom stereocenters. The van der Waals surface area contributed by atoms with Gasteiger partial charge in [-0.3, -0.25) is 0 Å². The van der Waals surface area contributed by atoms with E-state index in [4.69, 9.17) is 25.8 Å². The third kappa shape index (κ3) is 1.32. The van der Waals surface area contributed by atoms with Crippen LogP contribution in [0.15, 0.2) is 0 Å². The Morgan fingerprint density at radius 1 is 1.36 bits per heavy atom. The molecule has 6 heteroatoms. The number of esters is 1. The van der Waals surface area contributed by atoms with Gasteiger partial charge in [0.15, 0.2) is 5.60 Å². The molecule has 2 fully saturated rings. The summed E-state index contributed by atoms with van der Waals surface area (Å²) in [6.07, 6.45) is 0. The van der Waals surface area contributed by atoms with Gasteiger partial charge < -0.3 is 18.9 Å². The number of ether oxygens (including phenoxy) is 4. The second-order valence-corrected chi connectivity index (χ2v) is 3.82. The maximum absolute atomic E-state index is 11.3. The van der Waals surface area contributed by atoms with Gasteiger partial charge in [0.05, 0.1) is 33.5 Å². The van der Waals surface area contributed by atoms with Gasteiger partial charge in [0.2, 0.25) is 0 Å². The van der Waals surface area contributed by atoms with Crippen molar-refractivity contribution in [3.8, 4) is 0 Å². The SMILES string of the molecule is COC(=O)C1(Cl)OC12COCCOC2. The summed E-state index contributed by atoms with van der Waals surface area (Å²) in [6.45, 7) is 1.48. The molecule has 0 aliphatic carbocycles. The first-order valence-corrected chi connectivity index (χ1v) is 4.65. The number of epoxide rings is 1. The van der Waals surface area contributed by atoms with Crippen molar-refractivity contribution >= 4 is 17.6 Å². The Morgan fingerprint density at radius 3 is 2.43 bits per heavy atom. The van der Waals surface area contributed by atoms with Crippen molar-refractivity contribution in [1.29, 1.82) is 0 Å². The normalized spacial score (nSPS) is 35.0. The predicted molar refractivity (Wildman–Crippen MR) is 46.1 cm³/mol. The molecule has 2 aliphatic rings. The fourth-order valence-corrected chi connectivity index (χ4v) is 1.81. The van der Waals surface area contributed by atoms with E-state index < -0.39 is 16.6 Å². The van der Waals surface area contributed by atoms with Crippen LogP contribution in [0.2, 0.25) is 0 Å². The summed E-state index contributed by atoms with van der Waals surface area (Å²) in [4.78, 5) is 11.3. The minimum absolute atomic E-state index is 0.256. The Hall–Kier alpha value is -0.360. The lowest BCUT2D eigenvalue weighted by Gasteiger charge is -2.09. The molecule has 1 spiro atoms. The van der Waals surface area contributed by atoms with Crippen LogP contribution >= 0.6 is 11.6 Å². The summed E-state index contributed by atoms with van der Waals surface area (Å²) in [7, 11) is 1.26. The first-order chi connectivity index (χ1) is 6.65. The fraction of sp³-hybridized carbons (Fsp3) is 0.875. The molecule has 2 rings (SSSR count). The van der Waals surface area contributed by atoms with Crippen LogP contribution in [0.3, 0.4) is 0 Å². The standard InChI is InChI=1S/C8H11ClO5/c1-11-6(10)8(9)7(14-8)4-12-2-3-13-5-7/h2-5H2,1H3. The van der Waals surface area contributed by atoms with Crippen LogP contribution < -0.4 is 0 Å². The van der Waals surface area contributed by atoms with E-state index in [-0.39, 0.29) is 13.2 Å². The molecule has 14 heavy (non-hydrogen) atoms. The lowest BCUT2D eigenvalue weighted by Crippen LogP contribution is -2.36. The molecule has 2 saturated heterocycles. The minimum atomic E-state index is -1.42. The first kappa shape index (κ1) is 10.2. The highest BCUT2D eigenvalue weighted by Gasteiger charge is 2.76. The number of carbonyl (C=O) groups is 1. The van der Waals surface area contributed by atoms with Gasteiger partial charge in [-0.15, -0.1) is 0 Å². The van der Waals surface area contributed by atoms with Crippen LogP contribution in [0.4, 0.5) is 0 Å². The number of hydrogen-bond donors (Lipinski definition) is 0. The molecule has 0 saturated carbocycles. The lowest BCUT2D eigenvalue weighted by molar-refractivity contribution is -0.143. The second kappa shape index (κ2) is 3.34. The van der Waals surface area contributed by atoms with Gasteiger partial charge in [-0.05, 0) is 0 Å². The number of methoxy groups -OCH3 is 1. The summed E-state index contributed by atoms with van der Waals surface area (Å²) in [5, 5.41) is -1.42. The molecule has 1 unspecified atom stereocenters. The number of rotatable bonds is 1. The molecule has 0 radical (unpaired) electrons. The average molecular weight is 223 g/mol. The second-order valence-electron chi connectivity index (χ2n) is 3.29.